The third kappa shape index (κ3) is 5.42. The van der Waals surface area contributed by atoms with Crippen LogP contribution >= 0.6 is 11.3 Å². The molecule has 29 heavy (non-hydrogen) atoms. The van der Waals surface area contributed by atoms with Crippen LogP contribution in [0.15, 0.2) is 47.2 Å². The molecule has 152 valence electrons. The highest BCUT2D eigenvalue weighted by molar-refractivity contribution is 7.07. The van der Waals surface area contributed by atoms with Crippen LogP contribution in [0.5, 0.6) is 5.75 Å². The first-order valence-corrected chi connectivity index (χ1v) is 10.8. The molecule has 1 amide bonds. The van der Waals surface area contributed by atoms with E-state index in [0.29, 0.717) is 18.7 Å². The molecule has 0 fully saturated rings. The molecule has 1 aliphatic rings. The van der Waals surface area contributed by atoms with Crippen molar-refractivity contribution in [2.75, 3.05) is 26.2 Å². The standard InChI is InChI=1S/C21H25N5O2S/c27-21(15-28-18-4-2-1-3-5-18)22-9-6-19-23-24-20-7-10-25(11-12-26(19)20)14-17-8-13-29-16-17/h1-5,8,13,16H,6-7,9-12,14-15H2,(H,22,27). The number of rotatable bonds is 8. The summed E-state index contributed by atoms with van der Waals surface area (Å²) in [5, 5.41) is 15.9. The summed E-state index contributed by atoms with van der Waals surface area (Å²) in [7, 11) is 0. The summed E-state index contributed by atoms with van der Waals surface area (Å²) in [6.07, 6.45) is 1.56. The summed E-state index contributed by atoms with van der Waals surface area (Å²) in [6, 6.07) is 11.5. The topological polar surface area (TPSA) is 72.3 Å². The summed E-state index contributed by atoms with van der Waals surface area (Å²) in [5.74, 6) is 2.53. The van der Waals surface area contributed by atoms with E-state index in [1.807, 2.05) is 30.3 Å². The van der Waals surface area contributed by atoms with Crippen LogP contribution in [0, 0.1) is 0 Å². The van der Waals surface area contributed by atoms with Crippen molar-refractivity contribution in [3.05, 3.63) is 64.4 Å². The fourth-order valence-electron chi connectivity index (χ4n) is 3.44. The molecule has 0 aliphatic carbocycles. The number of hydrogen-bond acceptors (Lipinski definition) is 6. The Hall–Kier alpha value is -2.71. The maximum atomic E-state index is 12.0. The summed E-state index contributed by atoms with van der Waals surface area (Å²) in [6.45, 7) is 4.36. The number of benzene rings is 1. The molecular weight excluding hydrogens is 386 g/mol. The third-order valence-corrected chi connectivity index (χ3v) is 5.70. The van der Waals surface area contributed by atoms with Gasteiger partial charge in [-0.3, -0.25) is 9.69 Å². The summed E-state index contributed by atoms with van der Waals surface area (Å²) in [4.78, 5) is 14.5. The Kier molecular flexibility index (Phi) is 6.53. The lowest BCUT2D eigenvalue weighted by Crippen LogP contribution is -2.31. The number of nitrogens with one attached hydrogen (secondary N) is 1. The number of hydrogen-bond donors (Lipinski definition) is 1. The van der Waals surface area contributed by atoms with Crippen molar-refractivity contribution >= 4 is 17.2 Å². The van der Waals surface area contributed by atoms with E-state index in [-0.39, 0.29) is 12.5 Å². The van der Waals surface area contributed by atoms with Crippen LogP contribution in [0.25, 0.3) is 0 Å². The lowest BCUT2D eigenvalue weighted by atomic mass is 10.3. The van der Waals surface area contributed by atoms with Gasteiger partial charge in [0, 0.05) is 45.6 Å². The molecule has 0 saturated heterocycles. The zero-order valence-corrected chi connectivity index (χ0v) is 17.1. The molecule has 0 spiro atoms. The van der Waals surface area contributed by atoms with E-state index in [4.69, 9.17) is 4.74 Å². The number of aromatic nitrogens is 3. The van der Waals surface area contributed by atoms with Gasteiger partial charge in [0.05, 0.1) is 0 Å². The van der Waals surface area contributed by atoms with Crippen LogP contribution in [0.1, 0.15) is 17.2 Å². The maximum Gasteiger partial charge on any atom is 0.257 e. The van der Waals surface area contributed by atoms with Crippen LogP contribution < -0.4 is 10.1 Å². The zero-order chi connectivity index (χ0) is 19.9. The monoisotopic (exact) mass is 411 g/mol. The average Bonchev–Trinajstić information content (AvgIpc) is 3.34. The van der Waals surface area contributed by atoms with E-state index in [2.05, 4.69) is 41.8 Å². The number of thiophene rings is 1. The van der Waals surface area contributed by atoms with Gasteiger partial charge in [-0.25, -0.2) is 0 Å². The minimum atomic E-state index is -0.133. The van der Waals surface area contributed by atoms with Gasteiger partial charge in [0.2, 0.25) is 0 Å². The molecule has 1 N–H and O–H groups in total. The Balaban J connectivity index is 1.23. The van der Waals surface area contributed by atoms with Crippen molar-refractivity contribution in [3.8, 4) is 5.75 Å². The van der Waals surface area contributed by atoms with Gasteiger partial charge in [0.1, 0.15) is 17.4 Å². The van der Waals surface area contributed by atoms with Crippen LogP contribution in [-0.2, 0) is 30.7 Å². The Labute approximate surface area is 174 Å². The highest BCUT2D eigenvalue weighted by Gasteiger charge is 2.18. The molecule has 3 aromatic rings. The van der Waals surface area contributed by atoms with Crippen molar-refractivity contribution < 1.29 is 9.53 Å². The number of amides is 1. The van der Waals surface area contributed by atoms with Crippen molar-refractivity contribution in [1.29, 1.82) is 0 Å². The predicted octanol–water partition coefficient (Wildman–Crippen LogP) is 2.14. The molecule has 0 bridgehead atoms. The maximum absolute atomic E-state index is 12.0. The minimum Gasteiger partial charge on any atom is -0.484 e. The second-order valence-electron chi connectivity index (χ2n) is 7.04. The van der Waals surface area contributed by atoms with E-state index < -0.39 is 0 Å². The van der Waals surface area contributed by atoms with Crippen LogP contribution in [0.3, 0.4) is 0 Å². The molecule has 0 radical (unpaired) electrons. The van der Waals surface area contributed by atoms with Crippen LogP contribution in [-0.4, -0.2) is 51.8 Å². The summed E-state index contributed by atoms with van der Waals surface area (Å²) < 4.78 is 7.68. The van der Waals surface area contributed by atoms with Crippen LogP contribution in [0.2, 0.25) is 0 Å². The number of para-hydroxylation sites is 1. The molecule has 3 heterocycles. The van der Waals surface area contributed by atoms with Gasteiger partial charge in [0.15, 0.2) is 6.61 Å². The van der Waals surface area contributed by atoms with Gasteiger partial charge in [-0.2, -0.15) is 11.3 Å². The van der Waals surface area contributed by atoms with E-state index in [1.165, 1.54) is 5.56 Å². The van der Waals surface area contributed by atoms with Gasteiger partial charge in [-0.05, 0) is 34.5 Å². The third-order valence-electron chi connectivity index (χ3n) is 4.97. The van der Waals surface area contributed by atoms with Gasteiger partial charge in [-0.1, -0.05) is 18.2 Å². The highest BCUT2D eigenvalue weighted by Crippen LogP contribution is 2.14. The highest BCUT2D eigenvalue weighted by atomic mass is 32.1. The Morgan fingerprint density at radius 1 is 1.14 bits per heavy atom. The van der Waals surface area contributed by atoms with Gasteiger partial charge in [-0.15, -0.1) is 10.2 Å². The minimum absolute atomic E-state index is 0.0134. The Bertz CT molecular complexity index is 911. The number of carbonyl (C=O) groups excluding carboxylic acids is 1. The first-order chi connectivity index (χ1) is 14.3. The van der Waals surface area contributed by atoms with E-state index in [0.717, 1.165) is 44.2 Å². The fraction of sp³-hybridized carbons (Fsp3) is 0.381. The molecule has 0 atom stereocenters. The first-order valence-electron chi connectivity index (χ1n) is 9.87. The smallest absolute Gasteiger partial charge is 0.257 e. The van der Waals surface area contributed by atoms with Gasteiger partial charge < -0.3 is 14.6 Å². The average molecular weight is 412 g/mol. The van der Waals surface area contributed by atoms with Crippen LogP contribution in [0.4, 0.5) is 0 Å². The molecule has 2 aromatic heterocycles. The lowest BCUT2D eigenvalue weighted by Gasteiger charge is -2.18. The molecular formula is C21H25N5O2S. The van der Waals surface area contributed by atoms with Gasteiger partial charge >= 0.3 is 0 Å². The van der Waals surface area contributed by atoms with Gasteiger partial charge in [0.25, 0.3) is 5.91 Å². The number of ether oxygens (including phenoxy) is 1. The lowest BCUT2D eigenvalue weighted by molar-refractivity contribution is -0.123. The van der Waals surface area contributed by atoms with Crippen molar-refractivity contribution in [2.45, 2.75) is 25.9 Å². The van der Waals surface area contributed by atoms with E-state index in [9.17, 15) is 4.79 Å². The molecule has 0 saturated carbocycles. The fourth-order valence-corrected chi connectivity index (χ4v) is 4.10. The van der Waals surface area contributed by atoms with E-state index >= 15 is 0 Å². The Morgan fingerprint density at radius 2 is 2.03 bits per heavy atom. The van der Waals surface area contributed by atoms with Crippen molar-refractivity contribution in [3.63, 3.8) is 0 Å². The van der Waals surface area contributed by atoms with Crippen molar-refractivity contribution in [1.82, 2.24) is 25.0 Å². The summed E-state index contributed by atoms with van der Waals surface area (Å²) >= 11 is 1.74. The largest absolute Gasteiger partial charge is 0.484 e. The molecule has 1 aliphatic heterocycles. The Morgan fingerprint density at radius 3 is 2.86 bits per heavy atom. The summed E-state index contributed by atoms with van der Waals surface area (Å²) in [5.41, 5.74) is 1.37. The van der Waals surface area contributed by atoms with E-state index in [1.54, 1.807) is 11.3 Å². The number of carbonyl (C=O) groups is 1. The predicted molar refractivity (Wildman–Crippen MR) is 112 cm³/mol. The molecule has 7 nitrogen and oxygen atoms in total. The normalized spacial score (nSPS) is 14.2. The SMILES string of the molecule is O=C(COc1ccccc1)NCCc1nnc2n1CCN(Cc1ccsc1)CC2. The molecule has 4 rings (SSSR count). The second-order valence-corrected chi connectivity index (χ2v) is 7.82. The van der Waals surface area contributed by atoms with Crippen molar-refractivity contribution in [2.24, 2.45) is 0 Å². The second kappa shape index (κ2) is 9.67. The molecule has 1 aromatic carbocycles. The molecule has 0 unspecified atom stereocenters. The quantitative estimate of drug-likeness (QED) is 0.615. The first kappa shape index (κ1) is 19.6. The number of nitrogens with zero attached hydrogens (tertiary/aromatic N) is 4. The molecule has 8 heteroatoms. The number of fused-ring (bicyclic) bond motifs is 1. The zero-order valence-electron chi connectivity index (χ0n) is 16.3.